The van der Waals surface area contributed by atoms with Crippen LogP contribution in [0.5, 0.6) is 5.75 Å². The number of nitrogens with one attached hydrogen (secondary N) is 1. The van der Waals surface area contributed by atoms with Crippen LogP contribution in [0.2, 0.25) is 0 Å². The first-order valence-corrected chi connectivity index (χ1v) is 9.36. The summed E-state index contributed by atoms with van der Waals surface area (Å²) < 4.78 is 11.8. The largest absolute Gasteiger partial charge is 0.490 e. The number of ether oxygens (including phenoxy) is 2. The third-order valence-corrected chi connectivity index (χ3v) is 4.35. The van der Waals surface area contributed by atoms with Gasteiger partial charge in [-0.3, -0.25) is 4.79 Å². The minimum absolute atomic E-state index is 0.0996. The van der Waals surface area contributed by atoms with Crippen molar-refractivity contribution in [2.75, 3.05) is 11.9 Å². The number of benzene rings is 1. The molecule has 0 fully saturated rings. The minimum Gasteiger partial charge on any atom is -0.490 e. The zero-order valence-corrected chi connectivity index (χ0v) is 17.2. The average Bonchev–Trinajstić information content (AvgIpc) is 2.50. The topological polar surface area (TPSA) is 47.6 Å². The Hall–Kier alpha value is -1.55. The van der Waals surface area contributed by atoms with Crippen LogP contribution in [0.4, 0.5) is 5.69 Å². The first kappa shape index (κ1) is 21.5. The molecule has 1 amide bonds. The molecule has 0 radical (unpaired) electrons. The first-order chi connectivity index (χ1) is 11.6. The second kappa shape index (κ2) is 9.23. The normalized spacial score (nSPS) is 14.9. The zero-order valence-electron chi connectivity index (χ0n) is 17.2. The average molecular weight is 350 g/mol. The molecule has 4 nitrogen and oxygen atoms in total. The highest BCUT2D eigenvalue weighted by atomic mass is 16.5. The Labute approximate surface area is 153 Å². The van der Waals surface area contributed by atoms with Gasteiger partial charge in [-0.1, -0.05) is 20.8 Å². The van der Waals surface area contributed by atoms with Crippen molar-refractivity contribution in [3.8, 4) is 5.75 Å². The van der Waals surface area contributed by atoms with E-state index in [0.29, 0.717) is 18.9 Å². The third-order valence-electron chi connectivity index (χ3n) is 4.35. The Morgan fingerprint density at radius 2 is 1.72 bits per heavy atom. The van der Waals surface area contributed by atoms with Crippen LogP contribution in [-0.2, 0) is 9.53 Å². The second-order valence-electron chi connectivity index (χ2n) is 7.49. The van der Waals surface area contributed by atoms with E-state index in [2.05, 4.69) is 33.0 Å². The molecule has 1 aromatic rings. The molecular weight excluding hydrogens is 314 g/mol. The molecule has 142 valence electrons. The third kappa shape index (κ3) is 6.03. The highest BCUT2D eigenvalue weighted by Crippen LogP contribution is 2.30. The Morgan fingerprint density at radius 1 is 1.16 bits per heavy atom. The number of rotatable bonds is 9. The second-order valence-corrected chi connectivity index (χ2v) is 7.49. The number of carbonyl (C=O) groups excluding carboxylic acids is 1. The van der Waals surface area contributed by atoms with Crippen LogP contribution in [0.15, 0.2) is 12.1 Å². The summed E-state index contributed by atoms with van der Waals surface area (Å²) in [6.07, 6.45) is 1.81. The van der Waals surface area contributed by atoms with Crippen LogP contribution in [0, 0.1) is 19.8 Å². The van der Waals surface area contributed by atoms with Crippen LogP contribution in [-0.4, -0.2) is 24.2 Å². The summed E-state index contributed by atoms with van der Waals surface area (Å²) in [7, 11) is 0. The summed E-state index contributed by atoms with van der Waals surface area (Å²) in [5.74, 6) is 1.18. The molecule has 0 aromatic heterocycles. The molecule has 1 aromatic carbocycles. The molecule has 0 aliphatic carbocycles. The number of hydrogen-bond donors (Lipinski definition) is 1. The monoisotopic (exact) mass is 349 g/mol. The van der Waals surface area contributed by atoms with Crippen molar-refractivity contribution >= 4 is 11.6 Å². The summed E-state index contributed by atoms with van der Waals surface area (Å²) in [5, 5.41) is 3.03. The van der Waals surface area contributed by atoms with E-state index < -0.39 is 5.60 Å². The van der Waals surface area contributed by atoms with Crippen LogP contribution in [0.25, 0.3) is 0 Å². The number of amides is 1. The SMILES string of the molecule is CCOC(C)(CC(C)C)C(=O)Nc1cc(C)c(OC(C)CC)c(C)c1. The molecular formula is C21H35NO3. The highest BCUT2D eigenvalue weighted by Gasteiger charge is 2.34. The standard InChI is InChI=1S/C21H35NO3/c1-9-17(7)25-19-15(5)11-18(12-16(19)6)22-20(23)21(8,24-10-2)13-14(3)4/h11-12,14,17H,9-10,13H2,1-8H3,(H,22,23). The summed E-state index contributed by atoms with van der Waals surface area (Å²) >= 11 is 0. The summed E-state index contributed by atoms with van der Waals surface area (Å²) in [5.41, 5.74) is 2.01. The predicted molar refractivity (Wildman–Crippen MR) is 104 cm³/mol. The maximum Gasteiger partial charge on any atom is 0.256 e. The summed E-state index contributed by atoms with van der Waals surface area (Å²) in [6.45, 7) is 16.7. The van der Waals surface area contributed by atoms with Crippen molar-refractivity contribution in [3.63, 3.8) is 0 Å². The Balaban J connectivity index is 3.00. The van der Waals surface area contributed by atoms with Gasteiger partial charge in [0.05, 0.1) is 6.10 Å². The molecule has 0 spiro atoms. The van der Waals surface area contributed by atoms with Gasteiger partial charge in [-0.05, 0) is 76.6 Å². The van der Waals surface area contributed by atoms with Crippen molar-refractivity contribution < 1.29 is 14.3 Å². The molecule has 0 aliphatic rings. The lowest BCUT2D eigenvalue weighted by Crippen LogP contribution is -2.44. The van der Waals surface area contributed by atoms with Crippen molar-refractivity contribution in [1.82, 2.24) is 0 Å². The summed E-state index contributed by atoms with van der Waals surface area (Å²) in [4.78, 5) is 12.8. The lowest BCUT2D eigenvalue weighted by Gasteiger charge is -2.30. The Bertz CT molecular complexity index is 559. The number of hydrogen-bond acceptors (Lipinski definition) is 3. The lowest BCUT2D eigenvalue weighted by atomic mass is 9.93. The van der Waals surface area contributed by atoms with Crippen LogP contribution < -0.4 is 10.1 Å². The van der Waals surface area contributed by atoms with Crippen molar-refractivity contribution in [3.05, 3.63) is 23.3 Å². The van der Waals surface area contributed by atoms with Crippen LogP contribution in [0.1, 0.15) is 65.5 Å². The Kier molecular flexibility index (Phi) is 7.94. The van der Waals surface area contributed by atoms with Gasteiger partial charge in [0, 0.05) is 12.3 Å². The number of anilines is 1. The number of carbonyl (C=O) groups is 1. The minimum atomic E-state index is -0.823. The smallest absolute Gasteiger partial charge is 0.256 e. The van der Waals surface area contributed by atoms with Crippen LogP contribution >= 0.6 is 0 Å². The molecule has 0 aliphatic heterocycles. The van der Waals surface area contributed by atoms with E-state index in [9.17, 15) is 4.79 Å². The first-order valence-electron chi connectivity index (χ1n) is 9.36. The molecule has 2 unspecified atom stereocenters. The fraction of sp³-hybridized carbons (Fsp3) is 0.667. The van der Waals surface area contributed by atoms with Crippen molar-refractivity contribution in [2.45, 2.75) is 79.9 Å². The van der Waals surface area contributed by atoms with E-state index in [1.165, 1.54) is 0 Å². The van der Waals surface area contributed by atoms with E-state index in [1.54, 1.807) is 0 Å². The summed E-state index contributed by atoms with van der Waals surface area (Å²) in [6, 6.07) is 3.93. The van der Waals surface area contributed by atoms with Gasteiger partial charge >= 0.3 is 0 Å². The van der Waals surface area contributed by atoms with Crippen molar-refractivity contribution in [1.29, 1.82) is 0 Å². The number of aryl methyl sites for hydroxylation is 2. The van der Waals surface area contributed by atoms with Gasteiger partial charge in [0.25, 0.3) is 5.91 Å². The Morgan fingerprint density at radius 3 is 2.16 bits per heavy atom. The fourth-order valence-corrected chi connectivity index (χ4v) is 3.07. The van der Waals surface area contributed by atoms with Crippen molar-refractivity contribution in [2.24, 2.45) is 5.92 Å². The molecule has 0 saturated heterocycles. The fourth-order valence-electron chi connectivity index (χ4n) is 3.07. The van der Waals surface area contributed by atoms with Gasteiger partial charge in [0.1, 0.15) is 11.4 Å². The van der Waals surface area contributed by atoms with Gasteiger partial charge in [-0.15, -0.1) is 0 Å². The molecule has 2 atom stereocenters. The van der Waals surface area contributed by atoms with Gasteiger partial charge < -0.3 is 14.8 Å². The molecule has 1 N–H and O–H groups in total. The van der Waals surface area contributed by atoms with Gasteiger partial charge in [0.2, 0.25) is 0 Å². The quantitative estimate of drug-likeness (QED) is 0.661. The van der Waals surface area contributed by atoms with Gasteiger partial charge in [-0.25, -0.2) is 0 Å². The van der Waals surface area contributed by atoms with E-state index in [0.717, 1.165) is 29.0 Å². The molecule has 4 heteroatoms. The molecule has 0 saturated carbocycles. The van der Waals surface area contributed by atoms with Crippen LogP contribution in [0.3, 0.4) is 0 Å². The van der Waals surface area contributed by atoms with E-state index in [4.69, 9.17) is 9.47 Å². The molecule has 0 heterocycles. The molecule has 25 heavy (non-hydrogen) atoms. The van der Waals surface area contributed by atoms with E-state index in [1.807, 2.05) is 39.8 Å². The highest BCUT2D eigenvalue weighted by molar-refractivity contribution is 5.97. The maximum atomic E-state index is 12.8. The van der Waals surface area contributed by atoms with Gasteiger partial charge in [0.15, 0.2) is 0 Å². The van der Waals surface area contributed by atoms with Gasteiger partial charge in [-0.2, -0.15) is 0 Å². The maximum absolute atomic E-state index is 12.8. The van der Waals surface area contributed by atoms with E-state index in [-0.39, 0.29) is 12.0 Å². The van der Waals surface area contributed by atoms with E-state index >= 15 is 0 Å². The lowest BCUT2D eigenvalue weighted by molar-refractivity contribution is -0.140. The molecule has 1 rings (SSSR count). The zero-order chi connectivity index (χ0) is 19.2. The molecule has 0 bridgehead atoms. The predicted octanol–water partition coefficient (Wildman–Crippen LogP) is 5.26.